The van der Waals surface area contributed by atoms with E-state index < -0.39 is 40.0 Å². The SMILES string of the molecule is CCS(=O)(=O)NC(Cc1ccc(OCC2CN(c3ccc(-c4noc(=O)[nH]4)cc3)C(=O)O2)cc1)C(=O)OCc1ccccc1. The average Bonchev–Trinajstić information content (AvgIpc) is 3.64. The van der Waals surface area contributed by atoms with Crippen molar-refractivity contribution in [3.05, 3.63) is 101 Å². The van der Waals surface area contributed by atoms with Crippen molar-refractivity contribution in [3.63, 3.8) is 0 Å². The molecule has 2 unspecified atom stereocenters. The van der Waals surface area contributed by atoms with Gasteiger partial charge in [0.25, 0.3) is 0 Å². The maximum Gasteiger partial charge on any atom is 0.439 e. The van der Waals surface area contributed by atoms with Crippen LogP contribution in [0.2, 0.25) is 0 Å². The molecule has 44 heavy (non-hydrogen) atoms. The quantitative estimate of drug-likeness (QED) is 0.211. The molecule has 0 aliphatic carbocycles. The van der Waals surface area contributed by atoms with Crippen LogP contribution >= 0.6 is 0 Å². The maximum atomic E-state index is 12.8. The minimum atomic E-state index is -3.68. The highest BCUT2D eigenvalue weighted by Crippen LogP contribution is 2.25. The van der Waals surface area contributed by atoms with Crippen LogP contribution in [0.4, 0.5) is 10.5 Å². The summed E-state index contributed by atoms with van der Waals surface area (Å²) >= 11 is 0. The van der Waals surface area contributed by atoms with Gasteiger partial charge in [0.15, 0.2) is 11.9 Å². The molecule has 1 saturated heterocycles. The number of hydrogen-bond donors (Lipinski definition) is 2. The first-order valence-corrected chi connectivity index (χ1v) is 15.4. The molecule has 1 aliphatic heterocycles. The second-order valence-corrected chi connectivity index (χ2v) is 12.0. The lowest BCUT2D eigenvalue weighted by Crippen LogP contribution is -2.43. The molecule has 5 rings (SSSR count). The minimum absolute atomic E-state index is 0.0239. The predicted octanol–water partition coefficient (Wildman–Crippen LogP) is 3.03. The molecule has 1 aromatic heterocycles. The molecule has 14 heteroatoms. The third kappa shape index (κ3) is 7.90. The number of cyclic esters (lactones) is 1. The number of aromatic nitrogens is 2. The lowest BCUT2D eigenvalue weighted by molar-refractivity contribution is -0.147. The standard InChI is InChI=1S/C30H30N4O9S/c1-2-44(38,39)33-26(28(35)41-18-21-6-4-3-5-7-21)16-20-8-14-24(15-9-20)40-19-25-17-34(30(37)42-25)23-12-10-22(11-13-23)27-31-29(36)43-32-27/h3-15,25-26,33H,2,16-19H2,1H3,(H,31,32,36). The second-order valence-electron chi connectivity index (χ2n) is 9.93. The third-order valence-electron chi connectivity index (χ3n) is 6.78. The van der Waals surface area contributed by atoms with Gasteiger partial charge in [-0.25, -0.2) is 22.7 Å². The number of nitrogens with zero attached hydrogens (tertiary/aromatic N) is 2. The zero-order valence-corrected chi connectivity index (χ0v) is 24.5. The molecule has 230 valence electrons. The van der Waals surface area contributed by atoms with Gasteiger partial charge in [-0.15, -0.1) is 0 Å². The number of esters is 1. The molecular weight excluding hydrogens is 592 g/mol. The lowest BCUT2D eigenvalue weighted by Gasteiger charge is -2.18. The van der Waals surface area contributed by atoms with E-state index in [-0.39, 0.29) is 37.8 Å². The normalized spacial score (nSPS) is 15.5. The van der Waals surface area contributed by atoms with E-state index in [1.807, 2.05) is 30.3 Å². The lowest BCUT2D eigenvalue weighted by atomic mass is 10.1. The van der Waals surface area contributed by atoms with E-state index in [2.05, 4.69) is 19.4 Å². The van der Waals surface area contributed by atoms with Gasteiger partial charge in [-0.1, -0.05) is 47.6 Å². The smallest absolute Gasteiger partial charge is 0.439 e. The molecule has 2 N–H and O–H groups in total. The van der Waals surface area contributed by atoms with Gasteiger partial charge >= 0.3 is 17.8 Å². The molecule has 1 fully saturated rings. The van der Waals surface area contributed by atoms with Crippen molar-refractivity contribution in [2.24, 2.45) is 0 Å². The van der Waals surface area contributed by atoms with E-state index in [9.17, 15) is 22.8 Å². The Morgan fingerprint density at radius 2 is 1.77 bits per heavy atom. The Kier molecular flexibility index (Phi) is 9.41. The van der Waals surface area contributed by atoms with Gasteiger partial charge in [-0.05, 0) is 60.9 Å². The van der Waals surface area contributed by atoms with Gasteiger partial charge < -0.3 is 14.2 Å². The monoisotopic (exact) mass is 622 g/mol. The molecule has 4 aromatic rings. The Hall–Kier alpha value is -4.95. The number of rotatable bonds is 13. The Labute approximate surface area is 252 Å². The van der Waals surface area contributed by atoms with Crippen molar-refractivity contribution in [2.75, 3.05) is 23.8 Å². The van der Waals surface area contributed by atoms with Crippen LogP contribution in [0.1, 0.15) is 18.1 Å². The van der Waals surface area contributed by atoms with Crippen LogP contribution in [0.25, 0.3) is 11.4 Å². The highest BCUT2D eigenvalue weighted by Gasteiger charge is 2.33. The number of amides is 1. The summed E-state index contributed by atoms with van der Waals surface area (Å²) in [6.45, 7) is 1.88. The molecule has 0 radical (unpaired) electrons. The molecular formula is C30H30N4O9S. The zero-order valence-electron chi connectivity index (χ0n) is 23.7. The molecule has 0 bridgehead atoms. The van der Waals surface area contributed by atoms with E-state index in [1.54, 1.807) is 48.5 Å². The van der Waals surface area contributed by atoms with Gasteiger partial charge in [-0.3, -0.25) is 19.2 Å². The minimum Gasteiger partial charge on any atom is -0.490 e. The van der Waals surface area contributed by atoms with E-state index in [0.717, 1.165) is 5.56 Å². The van der Waals surface area contributed by atoms with Gasteiger partial charge in [0.05, 0.1) is 12.3 Å². The van der Waals surface area contributed by atoms with E-state index >= 15 is 0 Å². The number of hydrogen-bond acceptors (Lipinski definition) is 10. The fraction of sp³-hybridized carbons (Fsp3) is 0.267. The van der Waals surface area contributed by atoms with E-state index in [0.29, 0.717) is 22.6 Å². The maximum absolute atomic E-state index is 12.8. The molecule has 3 aromatic carbocycles. The zero-order chi connectivity index (χ0) is 31.1. The van der Waals surface area contributed by atoms with Crippen LogP contribution in [-0.4, -0.2) is 61.7 Å². The highest BCUT2D eigenvalue weighted by atomic mass is 32.2. The number of nitrogens with one attached hydrogen (secondary N) is 2. The topological polar surface area (TPSA) is 170 Å². The number of benzene rings is 3. The van der Waals surface area contributed by atoms with Crippen molar-refractivity contribution < 1.29 is 36.7 Å². The van der Waals surface area contributed by atoms with E-state index in [4.69, 9.17) is 14.2 Å². The van der Waals surface area contributed by atoms with Crippen LogP contribution in [0.3, 0.4) is 0 Å². The molecule has 1 aliphatic rings. The number of H-pyrrole nitrogens is 1. The van der Waals surface area contributed by atoms with Gasteiger partial charge in [-0.2, -0.15) is 0 Å². The molecule has 13 nitrogen and oxygen atoms in total. The number of anilines is 1. The summed E-state index contributed by atoms with van der Waals surface area (Å²) < 4.78 is 48.1. The van der Waals surface area contributed by atoms with Crippen molar-refractivity contribution >= 4 is 27.8 Å². The van der Waals surface area contributed by atoms with Gasteiger partial charge in [0.2, 0.25) is 10.0 Å². The first-order chi connectivity index (χ1) is 21.2. The second kappa shape index (κ2) is 13.6. The van der Waals surface area contributed by atoms with Crippen molar-refractivity contribution in [1.82, 2.24) is 14.9 Å². The summed E-state index contributed by atoms with van der Waals surface area (Å²) in [4.78, 5) is 40.4. The van der Waals surface area contributed by atoms with Gasteiger partial charge in [0, 0.05) is 11.3 Å². The number of carbonyl (C=O) groups is 2. The number of ether oxygens (including phenoxy) is 3. The average molecular weight is 623 g/mol. The van der Waals surface area contributed by atoms with E-state index in [1.165, 1.54) is 11.8 Å². The van der Waals surface area contributed by atoms with Gasteiger partial charge in [0.1, 0.15) is 25.0 Å². The van der Waals surface area contributed by atoms with Crippen LogP contribution in [0.5, 0.6) is 5.75 Å². The number of aromatic amines is 1. The highest BCUT2D eigenvalue weighted by molar-refractivity contribution is 7.89. The Morgan fingerprint density at radius 1 is 1.05 bits per heavy atom. The first kappa shape index (κ1) is 30.5. The number of carbonyl (C=O) groups excluding carboxylic acids is 2. The third-order valence-corrected chi connectivity index (χ3v) is 8.18. The summed E-state index contributed by atoms with van der Waals surface area (Å²) in [5, 5.41) is 3.64. The summed E-state index contributed by atoms with van der Waals surface area (Å²) in [6, 6.07) is 21.6. The van der Waals surface area contributed by atoms with Crippen LogP contribution in [0, 0.1) is 0 Å². The summed E-state index contributed by atoms with van der Waals surface area (Å²) in [7, 11) is -3.68. The summed E-state index contributed by atoms with van der Waals surface area (Å²) in [5.41, 5.74) is 2.70. The summed E-state index contributed by atoms with van der Waals surface area (Å²) in [5.74, 6) is -0.731. The first-order valence-electron chi connectivity index (χ1n) is 13.8. The van der Waals surface area contributed by atoms with Crippen LogP contribution in [-0.2, 0) is 37.3 Å². The van der Waals surface area contributed by atoms with Crippen molar-refractivity contribution in [3.8, 4) is 17.1 Å². The summed E-state index contributed by atoms with van der Waals surface area (Å²) in [6.07, 6.45) is -0.967. The van der Waals surface area contributed by atoms with Crippen molar-refractivity contribution in [2.45, 2.75) is 32.1 Å². The largest absolute Gasteiger partial charge is 0.490 e. The number of sulfonamides is 1. The Bertz CT molecular complexity index is 1740. The molecule has 0 saturated carbocycles. The molecule has 2 heterocycles. The van der Waals surface area contributed by atoms with Crippen LogP contribution < -0.4 is 20.1 Å². The Morgan fingerprint density at radius 3 is 2.43 bits per heavy atom. The predicted molar refractivity (Wildman–Crippen MR) is 158 cm³/mol. The molecule has 0 spiro atoms. The van der Waals surface area contributed by atoms with Crippen molar-refractivity contribution in [1.29, 1.82) is 0 Å². The Balaban J connectivity index is 1.15. The fourth-order valence-corrected chi connectivity index (χ4v) is 5.20. The fourth-order valence-electron chi connectivity index (χ4n) is 4.42. The molecule has 2 atom stereocenters. The van der Waals surface area contributed by atoms with Crippen LogP contribution in [0.15, 0.2) is 88.2 Å². The molecule has 1 amide bonds.